The van der Waals surface area contributed by atoms with Crippen molar-refractivity contribution in [3.63, 3.8) is 0 Å². The molecule has 0 spiro atoms. The van der Waals surface area contributed by atoms with Crippen molar-refractivity contribution in [3.05, 3.63) is 62.8 Å². The molecule has 10 unspecified atom stereocenters. The molecule has 266 valence electrons. The third kappa shape index (κ3) is 5.46. The first kappa shape index (κ1) is 32.4. The van der Waals surface area contributed by atoms with E-state index in [-0.39, 0.29) is 23.9 Å². The van der Waals surface area contributed by atoms with Crippen LogP contribution in [0.5, 0.6) is 0 Å². The minimum absolute atomic E-state index is 0.134. The van der Waals surface area contributed by atoms with Crippen LogP contribution in [0.4, 0.5) is 11.6 Å². The van der Waals surface area contributed by atoms with E-state index in [0.29, 0.717) is 16.7 Å². The van der Waals surface area contributed by atoms with Gasteiger partial charge in [0.05, 0.1) is 25.9 Å². The number of rotatable bonds is 4. The van der Waals surface area contributed by atoms with Gasteiger partial charge >= 0.3 is 7.75 Å². The summed E-state index contributed by atoms with van der Waals surface area (Å²) < 4.78 is 58.1. The van der Waals surface area contributed by atoms with Gasteiger partial charge in [-0.05, 0) is 0 Å². The maximum atomic E-state index is 14.7. The van der Waals surface area contributed by atoms with E-state index in [1.54, 1.807) is 10.5 Å². The van der Waals surface area contributed by atoms with E-state index in [1.165, 1.54) is 65.7 Å². The molecule has 0 saturated carbocycles. The first-order chi connectivity index (χ1) is 24.8. The molecule has 0 aromatic carbocycles. The number of aliphatic hydroxyl groups is 2. The number of imidazole rings is 4. The van der Waals surface area contributed by atoms with Crippen molar-refractivity contribution < 1.29 is 42.3 Å². The van der Waals surface area contributed by atoms with E-state index in [1.807, 2.05) is 0 Å². The highest BCUT2D eigenvalue weighted by molar-refractivity contribution is 7.52. The Balaban J connectivity index is 1.09. The molecular formula is C26H28N14O9P2. The number of anilines is 2. The van der Waals surface area contributed by atoms with Crippen LogP contribution < -0.4 is 11.5 Å². The molecule has 3 fully saturated rings. The van der Waals surface area contributed by atoms with Gasteiger partial charge in [0.15, 0.2) is 35.4 Å². The SMILES string of the molecule is Nc1ncnc2c1ncn2C1OC2COP(=O)(n3ccnc3)OC3C(COP(n4ccnc4)OC2C1O)OC(n1cnc2c(N)ncnc21)C3O. The summed E-state index contributed by atoms with van der Waals surface area (Å²) in [7, 11) is -6.45. The quantitative estimate of drug-likeness (QED) is 0.173. The van der Waals surface area contributed by atoms with Crippen molar-refractivity contribution in [1.29, 1.82) is 0 Å². The Morgan fingerprint density at radius 1 is 0.765 bits per heavy atom. The lowest BCUT2D eigenvalue weighted by atomic mass is 10.1. The fourth-order valence-corrected chi connectivity index (χ4v) is 9.13. The van der Waals surface area contributed by atoms with Crippen LogP contribution in [0.15, 0.2) is 62.8 Å². The summed E-state index contributed by atoms with van der Waals surface area (Å²) in [6.07, 6.45) is 4.40. The number of hydrogen-bond acceptors (Lipinski definition) is 19. The molecule has 0 radical (unpaired) electrons. The van der Waals surface area contributed by atoms with Crippen molar-refractivity contribution in [2.45, 2.75) is 49.1 Å². The van der Waals surface area contributed by atoms with Crippen molar-refractivity contribution in [3.8, 4) is 0 Å². The minimum Gasteiger partial charge on any atom is -0.386 e. The molecule has 0 aliphatic carbocycles. The summed E-state index contributed by atoms with van der Waals surface area (Å²) in [5.74, 6) is 0.276. The van der Waals surface area contributed by atoms with E-state index in [9.17, 15) is 14.8 Å². The lowest BCUT2D eigenvalue weighted by Gasteiger charge is -2.31. The number of aromatic nitrogens is 12. The molecule has 51 heavy (non-hydrogen) atoms. The fourth-order valence-electron chi connectivity index (χ4n) is 6.15. The minimum atomic E-state index is -4.39. The van der Waals surface area contributed by atoms with Crippen LogP contribution in [0.3, 0.4) is 0 Å². The van der Waals surface area contributed by atoms with Gasteiger partial charge in [-0.2, -0.15) is 0 Å². The van der Waals surface area contributed by atoms with Crippen molar-refractivity contribution in [1.82, 2.24) is 57.7 Å². The molecule has 9 heterocycles. The van der Waals surface area contributed by atoms with Crippen molar-refractivity contribution >= 4 is 50.2 Å². The number of nitrogens with two attached hydrogens (primary N) is 2. The van der Waals surface area contributed by atoms with Gasteiger partial charge in [0.1, 0.15) is 73.0 Å². The fraction of sp³-hybridized carbons (Fsp3) is 0.385. The van der Waals surface area contributed by atoms with Gasteiger partial charge in [0, 0.05) is 24.8 Å². The Morgan fingerprint density at radius 2 is 1.37 bits per heavy atom. The Bertz CT molecular complexity index is 2220. The normalized spacial score (nSPS) is 33.2. The van der Waals surface area contributed by atoms with Crippen LogP contribution in [0.2, 0.25) is 0 Å². The Labute approximate surface area is 286 Å². The smallest absolute Gasteiger partial charge is 0.386 e. The van der Waals surface area contributed by atoms with Gasteiger partial charge in [-0.25, -0.2) is 48.8 Å². The predicted molar refractivity (Wildman–Crippen MR) is 171 cm³/mol. The highest BCUT2D eigenvalue weighted by atomic mass is 31.2. The molecule has 6 aromatic rings. The lowest BCUT2D eigenvalue weighted by Crippen LogP contribution is -2.39. The Morgan fingerprint density at radius 3 is 1.98 bits per heavy atom. The molecule has 3 aliphatic heterocycles. The number of hydrogen-bond donors (Lipinski definition) is 4. The molecule has 23 nitrogen and oxygen atoms in total. The van der Waals surface area contributed by atoms with Gasteiger partial charge in [0.2, 0.25) is 0 Å². The Hall–Kier alpha value is -4.54. The summed E-state index contributed by atoms with van der Waals surface area (Å²) >= 11 is 0. The van der Waals surface area contributed by atoms with E-state index in [0.717, 1.165) is 4.34 Å². The molecule has 3 saturated heterocycles. The summed E-state index contributed by atoms with van der Waals surface area (Å²) in [6.45, 7) is -0.680. The number of nitrogens with zero attached hydrogens (tertiary/aromatic N) is 12. The molecule has 25 heteroatoms. The summed E-state index contributed by atoms with van der Waals surface area (Å²) in [6, 6.07) is 0. The molecule has 6 N–H and O–H groups in total. The topological polar surface area (TPSA) is 288 Å². The number of fused-ring (bicyclic) bond motifs is 4. The average molecular weight is 743 g/mol. The molecule has 0 amide bonds. The van der Waals surface area contributed by atoms with Crippen molar-refractivity contribution in [2.75, 3.05) is 24.7 Å². The first-order valence-corrected chi connectivity index (χ1v) is 17.9. The zero-order valence-electron chi connectivity index (χ0n) is 26.0. The van der Waals surface area contributed by atoms with E-state index < -0.39 is 72.0 Å². The van der Waals surface area contributed by atoms with Gasteiger partial charge in [0.25, 0.3) is 8.53 Å². The number of aliphatic hydroxyl groups excluding tert-OH is 2. The summed E-state index contributed by atoms with van der Waals surface area (Å²) in [5, 5.41) is 23.5. The van der Waals surface area contributed by atoms with Crippen LogP contribution in [-0.2, 0) is 32.1 Å². The lowest BCUT2D eigenvalue weighted by molar-refractivity contribution is -0.0570. The zero-order valence-corrected chi connectivity index (χ0v) is 27.8. The number of nitrogen functional groups attached to an aromatic ring is 2. The van der Waals surface area contributed by atoms with Gasteiger partial charge in [-0.3, -0.25) is 22.5 Å². The molecule has 6 aromatic heterocycles. The molecule has 10 atom stereocenters. The third-order valence-electron chi connectivity index (χ3n) is 8.61. The summed E-state index contributed by atoms with van der Waals surface area (Å²) in [5.41, 5.74) is 13.2. The first-order valence-electron chi connectivity index (χ1n) is 15.3. The third-order valence-corrected chi connectivity index (χ3v) is 11.8. The van der Waals surface area contributed by atoms with E-state index >= 15 is 0 Å². The highest BCUT2D eigenvalue weighted by Crippen LogP contribution is 2.55. The summed E-state index contributed by atoms with van der Waals surface area (Å²) in [4.78, 5) is 33.2. The van der Waals surface area contributed by atoms with Crippen LogP contribution in [-0.4, -0.2) is 118 Å². The molecule has 3 aliphatic rings. The molecule has 0 bridgehead atoms. The second-order valence-corrected chi connectivity index (χ2v) is 14.9. The van der Waals surface area contributed by atoms with E-state index in [2.05, 4.69) is 39.9 Å². The highest BCUT2D eigenvalue weighted by Gasteiger charge is 2.53. The van der Waals surface area contributed by atoms with Crippen molar-refractivity contribution in [2.24, 2.45) is 0 Å². The average Bonchev–Trinajstić information content (AvgIpc) is 3.97. The maximum absolute atomic E-state index is 14.7. The van der Waals surface area contributed by atoms with Gasteiger partial charge in [-0.15, -0.1) is 0 Å². The second-order valence-electron chi connectivity index (χ2n) is 11.6. The van der Waals surface area contributed by atoms with Crippen LogP contribution in [0.1, 0.15) is 12.5 Å². The van der Waals surface area contributed by atoms with Gasteiger partial charge < -0.3 is 40.2 Å². The monoisotopic (exact) mass is 742 g/mol. The number of ether oxygens (including phenoxy) is 2. The predicted octanol–water partition coefficient (Wildman–Crippen LogP) is -0.0110. The zero-order chi connectivity index (χ0) is 34.9. The van der Waals surface area contributed by atoms with E-state index in [4.69, 9.17) is 39.0 Å². The van der Waals surface area contributed by atoms with Crippen LogP contribution in [0.25, 0.3) is 22.3 Å². The largest absolute Gasteiger partial charge is 0.440 e. The van der Waals surface area contributed by atoms with Crippen LogP contribution in [0, 0.1) is 0 Å². The Kier molecular flexibility index (Phi) is 8.00. The maximum Gasteiger partial charge on any atom is 0.440 e. The van der Waals surface area contributed by atoms with Crippen LogP contribution >= 0.6 is 16.3 Å². The van der Waals surface area contributed by atoms with Gasteiger partial charge in [-0.1, -0.05) is 0 Å². The standard InChI is InChI=1S/C26H28N14O9P2/c27-21-15-23(33-7-31-21)39(11-35-15)25-17(41)19-14(47-25)6-45-51(43,38-4-2-30-10-38)49-20-13(5-44-50(48-19)37-3-1-29-9-37)46-26(18(20)42)40-12-36-16-22(28)32-8-34-24(16)40/h1-4,7-14,17-20,25-26,41-42H,5-6H2,(H2,27,31,33)(H2,28,32,34). The second kappa shape index (κ2) is 12.6. The molecular weight excluding hydrogens is 714 g/mol. The molecule has 9 rings (SSSR count).